The summed E-state index contributed by atoms with van der Waals surface area (Å²) in [5.41, 5.74) is 0.633. The minimum Gasteiger partial charge on any atom is -0.376 e. The van der Waals surface area contributed by atoms with E-state index in [-0.39, 0.29) is 32.7 Å². The molecular formula is C11H7OY-. The van der Waals surface area contributed by atoms with Gasteiger partial charge in [0.15, 0.2) is 0 Å². The van der Waals surface area contributed by atoms with Gasteiger partial charge in [-0.05, 0) is 0 Å². The number of rotatable bonds is 1. The quantitative estimate of drug-likeness (QED) is 0.703. The van der Waals surface area contributed by atoms with E-state index in [0.717, 1.165) is 10.8 Å². The van der Waals surface area contributed by atoms with E-state index in [9.17, 15) is 4.79 Å². The van der Waals surface area contributed by atoms with Gasteiger partial charge in [-0.25, -0.2) is 0 Å². The molecule has 0 aliphatic heterocycles. The Morgan fingerprint density at radius 2 is 1.62 bits per heavy atom. The summed E-state index contributed by atoms with van der Waals surface area (Å²) in [5, 5.41) is 2.05. The molecule has 2 aromatic rings. The third-order valence-electron chi connectivity index (χ3n) is 1.90. The molecule has 1 radical (unpaired) electrons. The zero-order valence-corrected chi connectivity index (χ0v) is 9.87. The Labute approximate surface area is 102 Å². The maximum Gasteiger partial charge on any atom is 0.0632 e. The van der Waals surface area contributed by atoms with Crippen LogP contribution in [-0.2, 0) is 37.5 Å². The van der Waals surface area contributed by atoms with E-state index < -0.39 is 0 Å². The molecule has 0 aliphatic carbocycles. The number of hydrogen-bond acceptors (Lipinski definition) is 1. The van der Waals surface area contributed by atoms with Crippen LogP contribution in [0.4, 0.5) is 0 Å². The smallest absolute Gasteiger partial charge is 0.0632 e. The Morgan fingerprint density at radius 3 is 2.38 bits per heavy atom. The van der Waals surface area contributed by atoms with Crippen molar-refractivity contribution in [2.45, 2.75) is 0 Å². The van der Waals surface area contributed by atoms with Crippen molar-refractivity contribution in [2.75, 3.05) is 0 Å². The second kappa shape index (κ2) is 4.64. The Bertz CT molecular complexity index is 418. The van der Waals surface area contributed by atoms with E-state index in [2.05, 4.69) is 0 Å². The van der Waals surface area contributed by atoms with E-state index in [1.54, 1.807) is 6.07 Å². The van der Waals surface area contributed by atoms with Crippen molar-refractivity contribution >= 4 is 17.1 Å². The molecule has 61 valence electrons. The first-order valence-corrected chi connectivity index (χ1v) is 3.78. The topological polar surface area (TPSA) is 17.1 Å². The van der Waals surface area contributed by atoms with Crippen molar-refractivity contribution in [3.63, 3.8) is 0 Å². The molecule has 0 saturated heterocycles. The molecule has 2 heteroatoms. The van der Waals surface area contributed by atoms with Gasteiger partial charge in [0.05, 0.1) is 6.29 Å². The molecule has 0 N–H and O–H groups in total. The molecule has 0 spiro atoms. The van der Waals surface area contributed by atoms with Crippen LogP contribution in [0.25, 0.3) is 10.8 Å². The van der Waals surface area contributed by atoms with Gasteiger partial charge < -0.3 is 4.79 Å². The number of fused-ring (bicyclic) bond motifs is 1. The summed E-state index contributed by atoms with van der Waals surface area (Å²) < 4.78 is 0. The van der Waals surface area contributed by atoms with Gasteiger partial charge in [-0.1, -0.05) is 29.7 Å². The van der Waals surface area contributed by atoms with Crippen LogP contribution in [0.15, 0.2) is 42.5 Å². The van der Waals surface area contributed by atoms with Gasteiger partial charge in [0.2, 0.25) is 0 Å². The zero-order valence-electron chi connectivity index (χ0n) is 7.03. The molecular weight excluding hydrogens is 237 g/mol. The maximum absolute atomic E-state index is 10.5. The van der Waals surface area contributed by atoms with E-state index >= 15 is 0 Å². The van der Waals surface area contributed by atoms with E-state index in [4.69, 9.17) is 0 Å². The van der Waals surface area contributed by atoms with Crippen LogP contribution in [0, 0.1) is 0 Å². The predicted molar refractivity (Wildman–Crippen MR) is 48.7 cm³/mol. The van der Waals surface area contributed by atoms with Gasteiger partial charge in [-0.15, -0.1) is 23.1 Å². The largest absolute Gasteiger partial charge is 0.376 e. The van der Waals surface area contributed by atoms with Crippen LogP contribution in [0.2, 0.25) is 0 Å². The van der Waals surface area contributed by atoms with Crippen LogP contribution < -0.4 is 0 Å². The van der Waals surface area contributed by atoms with Crippen molar-refractivity contribution in [3.05, 3.63) is 48.0 Å². The van der Waals surface area contributed by atoms with Gasteiger partial charge in [0.25, 0.3) is 0 Å². The Morgan fingerprint density at radius 1 is 0.923 bits per heavy atom. The third-order valence-corrected chi connectivity index (χ3v) is 1.90. The average Bonchev–Trinajstić information content (AvgIpc) is 2.17. The minimum atomic E-state index is 0. The molecule has 0 heterocycles. The first-order chi connectivity index (χ1) is 5.92. The molecule has 0 amide bonds. The van der Waals surface area contributed by atoms with E-state index in [1.165, 1.54) is 0 Å². The standard InChI is InChI=1S/C11H7O.Y/c12-8-10-6-3-5-9-4-1-2-7-11(9)10;/h1-7H;/q-1;. The molecule has 0 saturated carbocycles. The fourth-order valence-electron chi connectivity index (χ4n) is 1.31. The molecule has 0 atom stereocenters. The molecule has 0 unspecified atom stereocenters. The predicted octanol–water partition coefficient (Wildman–Crippen LogP) is 2.30. The number of benzene rings is 2. The molecule has 2 rings (SSSR count). The first kappa shape index (κ1) is 10.6. The van der Waals surface area contributed by atoms with E-state index in [0.29, 0.717) is 5.56 Å². The van der Waals surface area contributed by atoms with Crippen LogP contribution in [0.5, 0.6) is 0 Å². The molecule has 0 aromatic heterocycles. The van der Waals surface area contributed by atoms with Gasteiger partial charge in [-0.2, -0.15) is 6.07 Å². The first-order valence-electron chi connectivity index (χ1n) is 3.78. The van der Waals surface area contributed by atoms with Crippen molar-refractivity contribution in [1.29, 1.82) is 0 Å². The fraction of sp³-hybridized carbons (Fsp3) is 0. The van der Waals surface area contributed by atoms with Crippen LogP contribution in [0.1, 0.15) is 5.56 Å². The van der Waals surface area contributed by atoms with Gasteiger partial charge in [-0.3, -0.25) is 0 Å². The Hall–Kier alpha value is -0.526. The summed E-state index contributed by atoms with van der Waals surface area (Å²) in [5.74, 6) is 0. The Balaban J connectivity index is 0.000000845. The second-order valence-electron chi connectivity index (χ2n) is 2.63. The Kier molecular flexibility index (Phi) is 3.77. The van der Waals surface area contributed by atoms with Gasteiger partial charge in [0.1, 0.15) is 0 Å². The third kappa shape index (κ3) is 2.04. The van der Waals surface area contributed by atoms with Gasteiger partial charge >= 0.3 is 0 Å². The molecule has 0 fully saturated rings. The van der Waals surface area contributed by atoms with Crippen molar-refractivity contribution in [1.82, 2.24) is 0 Å². The normalized spacial score (nSPS) is 9.23. The summed E-state index contributed by atoms with van der Waals surface area (Å²) in [6, 6.07) is 13.4. The second-order valence-corrected chi connectivity index (χ2v) is 2.63. The summed E-state index contributed by atoms with van der Waals surface area (Å²) in [7, 11) is 0. The van der Waals surface area contributed by atoms with Crippen molar-refractivity contribution < 1.29 is 37.5 Å². The monoisotopic (exact) mass is 244 g/mol. The number of carbonyl (C=O) groups excluding carboxylic acids is 1. The van der Waals surface area contributed by atoms with E-state index in [1.807, 2.05) is 42.7 Å². The minimum absolute atomic E-state index is 0. The van der Waals surface area contributed by atoms with Crippen molar-refractivity contribution in [3.8, 4) is 0 Å². The zero-order chi connectivity index (χ0) is 8.39. The fourth-order valence-corrected chi connectivity index (χ4v) is 1.31. The summed E-state index contributed by atoms with van der Waals surface area (Å²) in [6.45, 7) is 0. The SMILES string of the molecule is O=[C-]c1cccc2ccccc12.[Y]. The van der Waals surface area contributed by atoms with Crippen LogP contribution in [-0.4, -0.2) is 6.29 Å². The number of hydrogen-bond donors (Lipinski definition) is 0. The average molecular weight is 244 g/mol. The van der Waals surface area contributed by atoms with Gasteiger partial charge in [0, 0.05) is 32.7 Å². The summed E-state index contributed by atoms with van der Waals surface area (Å²) >= 11 is 0. The molecule has 0 aliphatic rings. The van der Waals surface area contributed by atoms with Crippen LogP contribution in [0.3, 0.4) is 0 Å². The van der Waals surface area contributed by atoms with Crippen molar-refractivity contribution in [2.24, 2.45) is 0 Å². The summed E-state index contributed by atoms with van der Waals surface area (Å²) in [4.78, 5) is 10.5. The molecule has 1 nitrogen and oxygen atoms in total. The molecule has 0 bridgehead atoms. The maximum atomic E-state index is 10.5. The summed E-state index contributed by atoms with van der Waals surface area (Å²) in [6.07, 6.45) is 1.92. The molecule has 13 heavy (non-hydrogen) atoms. The molecule has 2 aromatic carbocycles. The van der Waals surface area contributed by atoms with Crippen LogP contribution >= 0.6 is 0 Å².